The number of rotatable bonds is 2. The summed E-state index contributed by atoms with van der Waals surface area (Å²) in [5, 5.41) is 0. The summed E-state index contributed by atoms with van der Waals surface area (Å²) in [4.78, 5) is 10.9. The van der Waals surface area contributed by atoms with Gasteiger partial charge in [-0.15, -0.1) is 0 Å². The van der Waals surface area contributed by atoms with Gasteiger partial charge in [0.2, 0.25) is 0 Å². The molecule has 0 atom stereocenters. The summed E-state index contributed by atoms with van der Waals surface area (Å²) in [6, 6.07) is 5.90. The maximum Gasteiger partial charge on any atom is 0.308 e. The summed E-state index contributed by atoms with van der Waals surface area (Å²) < 4.78 is 6.05. The summed E-state index contributed by atoms with van der Waals surface area (Å²) in [6.45, 7) is 1.43. The fraction of sp³-hybridized carbons (Fsp3) is 0.364. The van der Waals surface area contributed by atoms with Crippen LogP contribution in [0, 0.1) is 0 Å². The Balaban J connectivity index is 2.37. The van der Waals surface area contributed by atoms with Gasteiger partial charge in [0.15, 0.2) is 0 Å². The smallest absolute Gasteiger partial charge is 0.308 e. The third-order valence-electron chi connectivity index (χ3n) is 2.26. The second kappa shape index (κ2) is 3.73. The van der Waals surface area contributed by atoms with Gasteiger partial charge < -0.3 is 4.74 Å². The molecule has 1 aromatic rings. The molecule has 74 valence electrons. The number of para-hydroxylation sites is 1. The molecule has 0 saturated heterocycles. The number of benzene rings is 1. The number of ether oxygens (including phenoxy) is 1. The average Bonchev–Trinajstić information content (AvgIpc) is 2.90. The van der Waals surface area contributed by atoms with Gasteiger partial charge in [0.05, 0.1) is 4.47 Å². The summed E-state index contributed by atoms with van der Waals surface area (Å²) in [5.41, 5.74) is 1.15. The van der Waals surface area contributed by atoms with Crippen molar-refractivity contribution in [1.29, 1.82) is 0 Å². The monoisotopic (exact) mass is 254 g/mol. The highest BCUT2D eigenvalue weighted by Crippen LogP contribution is 2.46. The average molecular weight is 255 g/mol. The number of carbonyl (C=O) groups excluding carboxylic acids is 1. The first-order valence-corrected chi connectivity index (χ1v) is 5.44. The lowest BCUT2D eigenvalue weighted by molar-refractivity contribution is -0.131. The van der Waals surface area contributed by atoms with E-state index in [0.29, 0.717) is 11.7 Å². The minimum atomic E-state index is -0.265. The van der Waals surface area contributed by atoms with Gasteiger partial charge in [0, 0.05) is 6.92 Å². The van der Waals surface area contributed by atoms with Crippen LogP contribution in [0.2, 0.25) is 0 Å². The second-order valence-corrected chi connectivity index (χ2v) is 4.38. The lowest BCUT2D eigenvalue weighted by atomic mass is 10.1. The molecule has 2 nitrogen and oxygen atoms in total. The molecular formula is C11H11BrO2. The summed E-state index contributed by atoms with van der Waals surface area (Å²) in [5.74, 6) is 1.02. The van der Waals surface area contributed by atoms with Gasteiger partial charge in [-0.25, -0.2) is 0 Å². The lowest BCUT2D eigenvalue weighted by Crippen LogP contribution is -2.04. The van der Waals surface area contributed by atoms with E-state index in [2.05, 4.69) is 15.9 Å². The highest BCUT2D eigenvalue weighted by molar-refractivity contribution is 9.10. The normalized spacial score (nSPS) is 15.3. The van der Waals surface area contributed by atoms with Gasteiger partial charge in [0.25, 0.3) is 0 Å². The quantitative estimate of drug-likeness (QED) is 0.599. The standard InChI is InChI=1S/C11H11BrO2/c1-7(13)14-11-9(8-5-6-8)3-2-4-10(11)12/h2-4,8H,5-6H2,1H3. The number of hydrogen-bond acceptors (Lipinski definition) is 2. The van der Waals surface area contributed by atoms with Crippen LogP contribution >= 0.6 is 15.9 Å². The highest BCUT2D eigenvalue weighted by Gasteiger charge is 2.28. The summed E-state index contributed by atoms with van der Waals surface area (Å²) >= 11 is 3.39. The Morgan fingerprint density at radius 2 is 2.21 bits per heavy atom. The first kappa shape index (κ1) is 9.71. The molecule has 1 aliphatic rings. The molecule has 0 amide bonds. The van der Waals surface area contributed by atoms with E-state index in [1.807, 2.05) is 18.2 Å². The third kappa shape index (κ3) is 1.98. The molecule has 0 aromatic heterocycles. The zero-order valence-corrected chi connectivity index (χ0v) is 9.50. The molecule has 0 aliphatic heterocycles. The second-order valence-electron chi connectivity index (χ2n) is 3.53. The van der Waals surface area contributed by atoms with E-state index in [1.54, 1.807) is 0 Å². The zero-order valence-electron chi connectivity index (χ0n) is 7.92. The molecule has 0 heterocycles. The molecule has 1 fully saturated rings. The van der Waals surface area contributed by atoms with Crippen LogP contribution in [0.25, 0.3) is 0 Å². The number of carbonyl (C=O) groups is 1. The van der Waals surface area contributed by atoms with Gasteiger partial charge in [-0.3, -0.25) is 4.79 Å². The number of esters is 1. The van der Waals surface area contributed by atoms with Crippen LogP contribution in [0.5, 0.6) is 5.75 Å². The van der Waals surface area contributed by atoms with Crippen LogP contribution in [0.15, 0.2) is 22.7 Å². The maximum absolute atomic E-state index is 10.9. The van der Waals surface area contributed by atoms with Crippen LogP contribution in [0.3, 0.4) is 0 Å². The number of hydrogen-bond donors (Lipinski definition) is 0. The lowest BCUT2D eigenvalue weighted by Gasteiger charge is -2.09. The van der Waals surface area contributed by atoms with Crippen LogP contribution in [-0.2, 0) is 4.79 Å². The van der Waals surface area contributed by atoms with Gasteiger partial charge in [-0.05, 0) is 46.3 Å². The van der Waals surface area contributed by atoms with E-state index in [4.69, 9.17) is 4.74 Å². The van der Waals surface area contributed by atoms with Crippen molar-refractivity contribution in [3.05, 3.63) is 28.2 Å². The van der Waals surface area contributed by atoms with E-state index in [0.717, 1.165) is 10.0 Å². The van der Waals surface area contributed by atoms with Crippen molar-refractivity contribution >= 4 is 21.9 Å². The van der Waals surface area contributed by atoms with Crippen molar-refractivity contribution in [2.24, 2.45) is 0 Å². The van der Waals surface area contributed by atoms with Crippen molar-refractivity contribution in [2.75, 3.05) is 0 Å². The van der Waals surface area contributed by atoms with Gasteiger partial charge >= 0.3 is 5.97 Å². The Morgan fingerprint density at radius 1 is 1.50 bits per heavy atom. The Morgan fingerprint density at radius 3 is 2.79 bits per heavy atom. The summed E-state index contributed by atoms with van der Waals surface area (Å²) in [6.07, 6.45) is 2.40. The Bertz CT molecular complexity index is 370. The fourth-order valence-corrected chi connectivity index (χ4v) is 1.96. The van der Waals surface area contributed by atoms with Crippen molar-refractivity contribution in [3.63, 3.8) is 0 Å². The number of halogens is 1. The largest absolute Gasteiger partial charge is 0.425 e. The topological polar surface area (TPSA) is 26.3 Å². The van der Waals surface area contributed by atoms with Crippen molar-refractivity contribution in [2.45, 2.75) is 25.7 Å². The van der Waals surface area contributed by atoms with E-state index in [1.165, 1.54) is 19.8 Å². The molecule has 14 heavy (non-hydrogen) atoms. The van der Waals surface area contributed by atoms with Gasteiger partial charge in [0.1, 0.15) is 5.75 Å². The first-order valence-electron chi connectivity index (χ1n) is 4.65. The first-order chi connectivity index (χ1) is 6.68. The minimum absolute atomic E-state index is 0.265. The molecule has 1 saturated carbocycles. The molecule has 1 aromatic carbocycles. The van der Waals surface area contributed by atoms with Crippen LogP contribution in [0.4, 0.5) is 0 Å². The Hall–Kier alpha value is -0.830. The van der Waals surface area contributed by atoms with Crippen LogP contribution in [-0.4, -0.2) is 5.97 Å². The molecular weight excluding hydrogens is 244 g/mol. The maximum atomic E-state index is 10.9. The zero-order chi connectivity index (χ0) is 10.1. The SMILES string of the molecule is CC(=O)Oc1c(Br)cccc1C1CC1. The van der Waals surface area contributed by atoms with E-state index < -0.39 is 0 Å². The summed E-state index contributed by atoms with van der Waals surface area (Å²) in [7, 11) is 0. The molecule has 2 rings (SSSR count). The molecule has 0 spiro atoms. The molecule has 0 bridgehead atoms. The predicted octanol–water partition coefficient (Wildman–Crippen LogP) is 3.25. The molecule has 0 unspecified atom stereocenters. The third-order valence-corrected chi connectivity index (χ3v) is 2.88. The van der Waals surface area contributed by atoms with Gasteiger partial charge in [-0.1, -0.05) is 12.1 Å². The molecule has 0 radical (unpaired) electrons. The van der Waals surface area contributed by atoms with Crippen LogP contribution < -0.4 is 4.74 Å². The van der Waals surface area contributed by atoms with E-state index in [-0.39, 0.29) is 5.97 Å². The van der Waals surface area contributed by atoms with Crippen LogP contribution in [0.1, 0.15) is 31.2 Å². The minimum Gasteiger partial charge on any atom is -0.425 e. The highest BCUT2D eigenvalue weighted by atomic mass is 79.9. The fourth-order valence-electron chi connectivity index (χ4n) is 1.49. The predicted molar refractivity (Wildman–Crippen MR) is 57.4 cm³/mol. The van der Waals surface area contributed by atoms with Crippen molar-refractivity contribution in [3.8, 4) is 5.75 Å². The van der Waals surface area contributed by atoms with Gasteiger partial charge in [-0.2, -0.15) is 0 Å². The van der Waals surface area contributed by atoms with E-state index >= 15 is 0 Å². The van der Waals surface area contributed by atoms with Crippen molar-refractivity contribution < 1.29 is 9.53 Å². The Labute approximate surface area is 91.4 Å². The van der Waals surface area contributed by atoms with E-state index in [9.17, 15) is 4.79 Å². The van der Waals surface area contributed by atoms with Crippen molar-refractivity contribution in [1.82, 2.24) is 0 Å². The molecule has 0 N–H and O–H groups in total. The molecule has 1 aliphatic carbocycles. The Kier molecular flexibility index (Phi) is 2.59. The molecule has 3 heteroatoms.